The molecule has 1 rings (SSSR count). The number of hydrogen-bond donors (Lipinski definition) is 0. The Morgan fingerprint density at radius 2 is 2.00 bits per heavy atom. The summed E-state index contributed by atoms with van der Waals surface area (Å²) in [5.41, 5.74) is 0.678. The Morgan fingerprint density at radius 1 is 1.42 bits per heavy atom. The Balaban J connectivity index is 2.87. The normalized spacial score (nSPS) is 9.00. The van der Waals surface area contributed by atoms with Crippen LogP contribution in [0.2, 0.25) is 0 Å². The fourth-order valence-corrected chi connectivity index (χ4v) is 1.19. The minimum atomic E-state index is 0.0449. The van der Waals surface area contributed by atoms with Crippen molar-refractivity contribution in [3.8, 4) is 5.40 Å². The molecule has 0 bridgehead atoms. The standard InChI is InChI=1S/C9H7NOS/c1-7(11)8-2-4-9(5-3-8)12-6-10/h2-5H,1H3. The van der Waals surface area contributed by atoms with Crippen molar-refractivity contribution in [2.24, 2.45) is 0 Å². The van der Waals surface area contributed by atoms with E-state index < -0.39 is 0 Å². The highest BCUT2D eigenvalue weighted by molar-refractivity contribution is 8.03. The molecule has 0 aromatic heterocycles. The first kappa shape index (κ1) is 8.82. The molecule has 3 heteroatoms. The second-order valence-electron chi connectivity index (χ2n) is 2.27. The number of thioether (sulfide) groups is 1. The first-order valence-electron chi connectivity index (χ1n) is 3.41. The maximum atomic E-state index is 10.8. The van der Waals surface area contributed by atoms with Gasteiger partial charge in [0.15, 0.2) is 5.78 Å². The van der Waals surface area contributed by atoms with Gasteiger partial charge in [-0.3, -0.25) is 4.79 Å². The van der Waals surface area contributed by atoms with E-state index in [-0.39, 0.29) is 5.78 Å². The van der Waals surface area contributed by atoms with Crippen molar-refractivity contribution in [1.82, 2.24) is 0 Å². The lowest BCUT2D eigenvalue weighted by atomic mass is 10.2. The van der Waals surface area contributed by atoms with Crippen molar-refractivity contribution >= 4 is 17.5 Å². The van der Waals surface area contributed by atoms with Gasteiger partial charge >= 0.3 is 0 Å². The highest BCUT2D eigenvalue weighted by atomic mass is 32.2. The summed E-state index contributed by atoms with van der Waals surface area (Å²) >= 11 is 1.09. The monoisotopic (exact) mass is 177 g/mol. The van der Waals surface area contributed by atoms with E-state index in [0.717, 1.165) is 16.7 Å². The summed E-state index contributed by atoms with van der Waals surface area (Å²) < 4.78 is 0. The predicted octanol–water partition coefficient (Wildman–Crippen LogP) is 2.46. The van der Waals surface area contributed by atoms with Crippen LogP contribution in [-0.4, -0.2) is 5.78 Å². The number of rotatable bonds is 2. The van der Waals surface area contributed by atoms with Gasteiger partial charge in [-0.05, 0) is 30.8 Å². The van der Waals surface area contributed by atoms with Crippen LogP contribution in [0.3, 0.4) is 0 Å². The summed E-state index contributed by atoms with van der Waals surface area (Å²) in [4.78, 5) is 11.7. The van der Waals surface area contributed by atoms with E-state index in [1.807, 2.05) is 5.40 Å². The molecule has 0 aliphatic heterocycles. The number of benzene rings is 1. The van der Waals surface area contributed by atoms with Crippen LogP contribution in [0.1, 0.15) is 17.3 Å². The first-order chi connectivity index (χ1) is 5.74. The zero-order valence-electron chi connectivity index (χ0n) is 6.57. The van der Waals surface area contributed by atoms with E-state index in [0.29, 0.717) is 5.56 Å². The third kappa shape index (κ3) is 2.11. The van der Waals surface area contributed by atoms with E-state index in [2.05, 4.69) is 0 Å². The molecule has 0 heterocycles. The van der Waals surface area contributed by atoms with Gasteiger partial charge in [0, 0.05) is 10.5 Å². The quantitative estimate of drug-likeness (QED) is 0.396. The number of carbonyl (C=O) groups is 1. The molecule has 0 aliphatic rings. The Bertz CT molecular complexity index is 323. The van der Waals surface area contributed by atoms with Crippen molar-refractivity contribution in [1.29, 1.82) is 5.26 Å². The third-order valence-electron chi connectivity index (χ3n) is 1.42. The molecule has 0 amide bonds. The van der Waals surface area contributed by atoms with Crippen LogP contribution in [0.15, 0.2) is 29.2 Å². The molecule has 0 spiro atoms. The van der Waals surface area contributed by atoms with Crippen molar-refractivity contribution < 1.29 is 4.79 Å². The third-order valence-corrected chi connectivity index (χ3v) is 2.02. The molecule has 0 saturated heterocycles. The zero-order chi connectivity index (χ0) is 8.97. The summed E-state index contributed by atoms with van der Waals surface area (Å²) in [5, 5.41) is 10.3. The molecule has 0 aliphatic carbocycles. The van der Waals surface area contributed by atoms with Gasteiger partial charge in [0.2, 0.25) is 0 Å². The topological polar surface area (TPSA) is 40.9 Å². The van der Waals surface area contributed by atoms with Gasteiger partial charge in [0.1, 0.15) is 5.40 Å². The second-order valence-corrected chi connectivity index (χ2v) is 3.13. The lowest BCUT2D eigenvalue weighted by molar-refractivity contribution is 0.101. The molecule has 60 valence electrons. The highest BCUT2D eigenvalue weighted by Gasteiger charge is 1.98. The van der Waals surface area contributed by atoms with Gasteiger partial charge in [0.25, 0.3) is 0 Å². The van der Waals surface area contributed by atoms with Gasteiger partial charge in [-0.2, -0.15) is 5.26 Å². The van der Waals surface area contributed by atoms with Crippen molar-refractivity contribution in [3.63, 3.8) is 0 Å². The average Bonchev–Trinajstić information content (AvgIpc) is 2.06. The Labute approximate surface area is 75.2 Å². The SMILES string of the molecule is CC(=O)c1ccc(SC#N)cc1. The Hall–Kier alpha value is -1.27. The van der Waals surface area contributed by atoms with E-state index in [1.54, 1.807) is 24.3 Å². The van der Waals surface area contributed by atoms with E-state index in [4.69, 9.17) is 5.26 Å². The maximum absolute atomic E-state index is 10.8. The van der Waals surface area contributed by atoms with Gasteiger partial charge in [0.05, 0.1) is 0 Å². The van der Waals surface area contributed by atoms with Crippen molar-refractivity contribution in [2.45, 2.75) is 11.8 Å². The van der Waals surface area contributed by atoms with Gasteiger partial charge in [-0.1, -0.05) is 12.1 Å². The van der Waals surface area contributed by atoms with E-state index in [1.165, 1.54) is 6.92 Å². The zero-order valence-corrected chi connectivity index (χ0v) is 7.39. The minimum absolute atomic E-state index is 0.0449. The molecule has 0 atom stereocenters. The first-order valence-corrected chi connectivity index (χ1v) is 4.22. The van der Waals surface area contributed by atoms with Crippen LogP contribution in [0.5, 0.6) is 0 Å². The van der Waals surface area contributed by atoms with Gasteiger partial charge in [-0.15, -0.1) is 0 Å². The Kier molecular flexibility index (Phi) is 2.89. The number of nitriles is 1. The summed E-state index contributed by atoms with van der Waals surface area (Å²) in [6.45, 7) is 1.52. The molecule has 0 N–H and O–H groups in total. The van der Waals surface area contributed by atoms with Crippen molar-refractivity contribution in [2.75, 3.05) is 0 Å². The maximum Gasteiger partial charge on any atom is 0.159 e. The molecule has 1 aromatic carbocycles. The molecular weight excluding hydrogens is 170 g/mol. The molecule has 0 fully saturated rings. The van der Waals surface area contributed by atoms with E-state index >= 15 is 0 Å². The van der Waals surface area contributed by atoms with Crippen LogP contribution < -0.4 is 0 Å². The van der Waals surface area contributed by atoms with E-state index in [9.17, 15) is 4.79 Å². The summed E-state index contributed by atoms with van der Waals surface area (Å²) in [7, 11) is 0. The fraction of sp³-hybridized carbons (Fsp3) is 0.111. The lowest BCUT2D eigenvalue weighted by Gasteiger charge is -1.95. The van der Waals surface area contributed by atoms with Crippen molar-refractivity contribution in [3.05, 3.63) is 29.8 Å². The van der Waals surface area contributed by atoms with Crippen LogP contribution in [-0.2, 0) is 0 Å². The minimum Gasteiger partial charge on any atom is -0.295 e. The Morgan fingerprint density at radius 3 is 2.42 bits per heavy atom. The fourth-order valence-electron chi connectivity index (χ4n) is 0.810. The van der Waals surface area contributed by atoms with Gasteiger partial charge < -0.3 is 0 Å². The van der Waals surface area contributed by atoms with Crippen LogP contribution in [0, 0.1) is 10.7 Å². The predicted molar refractivity (Wildman–Crippen MR) is 47.9 cm³/mol. The van der Waals surface area contributed by atoms with Gasteiger partial charge in [-0.25, -0.2) is 0 Å². The number of ketones is 1. The smallest absolute Gasteiger partial charge is 0.159 e. The summed E-state index contributed by atoms with van der Waals surface area (Å²) in [6.07, 6.45) is 0. The van der Waals surface area contributed by atoms with Crippen LogP contribution >= 0.6 is 11.8 Å². The summed E-state index contributed by atoms with van der Waals surface area (Å²) in [6, 6.07) is 6.99. The van der Waals surface area contributed by atoms with Crippen LogP contribution in [0.25, 0.3) is 0 Å². The highest BCUT2D eigenvalue weighted by Crippen LogP contribution is 2.16. The average molecular weight is 177 g/mol. The number of Topliss-reactive ketones (excluding diaryl/α,β-unsaturated/α-hetero) is 1. The summed E-state index contributed by atoms with van der Waals surface area (Å²) in [5.74, 6) is 0.0449. The lowest BCUT2D eigenvalue weighted by Crippen LogP contribution is -1.89. The number of nitrogens with zero attached hydrogens (tertiary/aromatic N) is 1. The molecule has 0 saturated carbocycles. The molecular formula is C9H7NOS. The largest absolute Gasteiger partial charge is 0.295 e. The van der Waals surface area contributed by atoms with Crippen LogP contribution in [0.4, 0.5) is 0 Å². The number of hydrogen-bond acceptors (Lipinski definition) is 3. The number of carbonyl (C=O) groups excluding carboxylic acids is 1. The number of thiocyanates is 1. The molecule has 2 nitrogen and oxygen atoms in total. The second kappa shape index (κ2) is 3.93. The molecule has 0 unspecified atom stereocenters. The molecule has 0 radical (unpaired) electrons. The molecule has 1 aromatic rings. The molecule has 12 heavy (non-hydrogen) atoms.